The van der Waals surface area contributed by atoms with Crippen LogP contribution in [-0.2, 0) is 27.3 Å². The first-order valence-corrected chi connectivity index (χ1v) is 8.95. The largest absolute Gasteiger partial charge is 0.489 e. The highest BCUT2D eigenvalue weighted by Gasteiger charge is 2.02. The maximum atomic E-state index is 10.9. The van der Waals surface area contributed by atoms with Gasteiger partial charge in [-0.3, -0.25) is 4.18 Å². The summed E-state index contributed by atoms with van der Waals surface area (Å²) in [6.07, 6.45) is 2.46. The Morgan fingerprint density at radius 2 is 1.68 bits per heavy atom. The topological polar surface area (TPSA) is 52.6 Å². The number of hydrogen-bond donors (Lipinski definition) is 0. The van der Waals surface area contributed by atoms with Crippen molar-refractivity contribution in [3.63, 3.8) is 0 Å². The molecule has 2 aromatic carbocycles. The third-order valence-corrected chi connectivity index (χ3v) is 3.65. The minimum absolute atomic E-state index is 0.202. The molecule has 0 N–H and O–H groups in total. The van der Waals surface area contributed by atoms with Gasteiger partial charge in [-0.05, 0) is 36.1 Å². The van der Waals surface area contributed by atoms with Gasteiger partial charge in [-0.25, -0.2) is 0 Å². The van der Waals surface area contributed by atoms with Crippen LogP contribution in [0.5, 0.6) is 5.75 Å². The molecule has 0 saturated carbocycles. The molecular formula is C17H20O4S. The average Bonchev–Trinajstić information content (AvgIpc) is 2.50. The van der Waals surface area contributed by atoms with Crippen molar-refractivity contribution in [2.45, 2.75) is 19.4 Å². The summed E-state index contributed by atoms with van der Waals surface area (Å²) in [4.78, 5) is 0. The molecule has 0 aliphatic rings. The molecule has 0 fully saturated rings. The summed E-state index contributed by atoms with van der Waals surface area (Å²) in [5.74, 6) is 0.811. The third kappa shape index (κ3) is 6.28. The van der Waals surface area contributed by atoms with Crippen LogP contribution in [-0.4, -0.2) is 21.3 Å². The van der Waals surface area contributed by atoms with Crippen LogP contribution in [0.4, 0.5) is 0 Å². The second-order valence-corrected chi connectivity index (χ2v) is 6.70. The van der Waals surface area contributed by atoms with Gasteiger partial charge in [-0.1, -0.05) is 42.5 Å². The lowest BCUT2D eigenvalue weighted by atomic mass is 10.1. The average molecular weight is 320 g/mol. The molecule has 4 nitrogen and oxygen atoms in total. The van der Waals surface area contributed by atoms with Crippen molar-refractivity contribution in [3.05, 3.63) is 65.7 Å². The Hall–Kier alpha value is -1.85. The van der Waals surface area contributed by atoms with Gasteiger partial charge in [0.05, 0.1) is 12.9 Å². The van der Waals surface area contributed by atoms with E-state index in [4.69, 9.17) is 8.92 Å². The van der Waals surface area contributed by atoms with E-state index in [2.05, 4.69) is 0 Å². The molecule has 0 amide bonds. The normalized spacial score (nSPS) is 11.3. The second kappa shape index (κ2) is 7.96. The highest BCUT2D eigenvalue weighted by Crippen LogP contribution is 2.16. The van der Waals surface area contributed by atoms with Gasteiger partial charge < -0.3 is 4.74 Å². The van der Waals surface area contributed by atoms with Crippen molar-refractivity contribution in [2.24, 2.45) is 0 Å². The highest BCUT2D eigenvalue weighted by atomic mass is 32.2. The minimum atomic E-state index is -3.35. The number of benzene rings is 2. The van der Waals surface area contributed by atoms with Crippen molar-refractivity contribution in [3.8, 4) is 5.75 Å². The molecule has 0 atom stereocenters. The van der Waals surface area contributed by atoms with Gasteiger partial charge in [-0.2, -0.15) is 8.42 Å². The molecule has 22 heavy (non-hydrogen) atoms. The van der Waals surface area contributed by atoms with Gasteiger partial charge in [-0.15, -0.1) is 0 Å². The molecule has 0 spiro atoms. The number of hydrogen-bond acceptors (Lipinski definition) is 4. The predicted octanol–water partition coefficient (Wildman–Crippen LogP) is 3.17. The van der Waals surface area contributed by atoms with Crippen LogP contribution in [0, 0.1) is 0 Å². The second-order valence-electron chi connectivity index (χ2n) is 5.05. The lowest BCUT2D eigenvalue weighted by Crippen LogP contribution is -2.05. The first-order valence-electron chi connectivity index (χ1n) is 7.13. The van der Waals surface area contributed by atoms with Crippen molar-refractivity contribution in [1.29, 1.82) is 0 Å². The molecule has 0 aliphatic carbocycles. The molecule has 0 aromatic heterocycles. The van der Waals surface area contributed by atoms with Gasteiger partial charge in [0.15, 0.2) is 0 Å². The van der Waals surface area contributed by atoms with E-state index in [-0.39, 0.29) is 6.61 Å². The molecule has 0 aliphatic heterocycles. The summed E-state index contributed by atoms with van der Waals surface area (Å²) in [6, 6.07) is 17.8. The molecule has 0 saturated heterocycles. The van der Waals surface area contributed by atoms with Gasteiger partial charge in [0.25, 0.3) is 10.1 Å². The molecule has 0 radical (unpaired) electrons. The van der Waals surface area contributed by atoms with Crippen LogP contribution in [0.1, 0.15) is 17.5 Å². The Kier molecular flexibility index (Phi) is 5.98. The molecule has 0 bridgehead atoms. The van der Waals surface area contributed by atoms with Gasteiger partial charge in [0.2, 0.25) is 0 Å². The van der Waals surface area contributed by atoms with Crippen LogP contribution in [0.2, 0.25) is 0 Å². The number of rotatable bonds is 8. The van der Waals surface area contributed by atoms with E-state index < -0.39 is 10.1 Å². The predicted molar refractivity (Wildman–Crippen MR) is 86.3 cm³/mol. The van der Waals surface area contributed by atoms with Gasteiger partial charge in [0.1, 0.15) is 12.4 Å². The molecule has 2 rings (SSSR count). The summed E-state index contributed by atoms with van der Waals surface area (Å²) < 4.78 is 32.2. The zero-order valence-electron chi connectivity index (χ0n) is 12.6. The van der Waals surface area contributed by atoms with E-state index in [1.165, 1.54) is 0 Å². The SMILES string of the molecule is CS(=O)(=O)OCCCc1cccc(OCc2ccccc2)c1. The number of aryl methyl sites for hydroxylation is 1. The summed E-state index contributed by atoms with van der Waals surface area (Å²) in [7, 11) is -3.35. The summed E-state index contributed by atoms with van der Waals surface area (Å²) in [5, 5.41) is 0. The Bertz CT molecular complexity index is 681. The number of ether oxygens (including phenoxy) is 1. The third-order valence-electron chi connectivity index (χ3n) is 3.05. The van der Waals surface area contributed by atoms with Crippen molar-refractivity contribution >= 4 is 10.1 Å². The van der Waals surface area contributed by atoms with Gasteiger partial charge >= 0.3 is 0 Å². The smallest absolute Gasteiger partial charge is 0.264 e. The quantitative estimate of drug-likeness (QED) is 0.554. The van der Waals surface area contributed by atoms with Gasteiger partial charge in [0, 0.05) is 0 Å². The van der Waals surface area contributed by atoms with E-state index >= 15 is 0 Å². The van der Waals surface area contributed by atoms with E-state index in [1.807, 2.05) is 54.6 Å². The Morgan fingerprint density at radius 1 is 0.955 bits per heavy atom. The first-order chi connectivity index (χ1) is 10.5. The summed E-state index contributed by atoms with van der Waals surface area (Å²) >= 11 is 0. The molecule has 0 heterocycles. The molecule has 118 valence electrons. The monoisotopic (exact) mass is 320 g/mol. The van der Waals surface area contributed by atoms with E-state index in [9.17, 15) is 8.42 Å². The summed E-state index contributed by atoms with van der Waals surface area (Å²) in [5.41, 5.74) is 2.22. The maximum Gasteiger partial charge on any atom is 0.264 e. The van der Waals surface area contributed by atoms with Crippen molar-refractivity contribution in [1.82, 2.24) is 0 Å². The maximum absolute atomic E-state index is 10.9. The van der Waals surface area contributed by atoms with Crippen LogP contribution < -0.4 is 4.74 Å². The van der Waals surface area contributed by atoms with E-state index in [0.29, 0.717) is 13.0 Å². The zero-order valence-corrected chi connectivity index (χ0v) is 13.4. The standard InChI is InChI=1S/C17H20O4S/c1-22(18,19)21-12-6-10-15-9-5-11-17(13-15)20-14-16-7-3-2-4-8-16/h2-5,7-9,11,13H,6,10,12,14H2,1H3. The fourth-order valence-corrected chi connectivity index (χ4v) is 2.44. The van der Waals surface area contributed by atoms with Crippen molar-refractivity contribution in [2.75, 3.05) is 12.9 Å². The zero-order chi connectivity index (χ0) is 15.8. The molecule has 5 heteroatoms. The van der Waals surface area contributed by atoms with Crippen LogP contribution in [0.25, 0.3) is 0 Å². The Balaban J connectivity index is 1.82. The molecule has 2 aromatic rings. The highest BCUT2D eigenvalue weighted by molar-refractivity contribution is 7.85. The van der Waals surface area contributed by atoms with Crippen LogP contribution in [0.15, 0.2) is 54.6 Å². The Morgan fingerprint density at radius 3 is 2.41 bits per heavy atom. The van der Waals surface area contributed by atoms with E-state index in [0.717, 1.165) is 29.6 Å². The van der Waals surface area contributed by atoms with Crippen LogP contribution >= 0.6 is 0 Å². The lowest BCUT2D eigenvalue weighted by molar-refractivity contribution is 0.305. The Labute approximate surface area is 131 Å². The summed E-state index contributed by atoms with van der Waals surface area (Å²) in [6.45, 7) is 0.732. The van der Waals surface area contributed by atoms with Crippen molar-refractivity contribution < 1.29 is 17.3 Å². The first kappa shape index (κ1) is 16.5. The fraction of sp³-hybridized carbons (Fsp3) is 0.294. The lowest BCUT2D eigenvalue weighted by Gasteiger charge is -2.08. The minimum Gasteiger partial charge on any atom is -0.489 e. The fourth-order valence-electron chi connectivity index (χ4n) is 2.02. The van der Waals surface area contributed by atoms with Crippen LogP contribution in [0.3, 0.4) is 0 Å². The van der Waals surface area contributed by atoms with E-state index in [1.54, 1.807) is 0 Å². The molecule has 0 unspecified atom stereocenters. The molecular weight excluding hydrogens is 300 g/mol.